The largest absolute Gasteiger partial charge is 0.488 e. The van der Waals surface area contributed by atoms with E-state index >= 15 is 0 Å². The minimum absolute atomic E-state index is 0.0689. The van der Waals surface area contributed by atoms with E-state index in [1.165, 1.54) is 0 Å². The van der Waals surface area contributed by atoms with Crippen LogP contribution in [0.3, 0.4) is 0 Å². The molecule has 1 aliphatic heterocycles. The average Bonchev–Trinajstić information content (AvgIpc) is 2.66. The van der Waals surface area contributed by atoms with E-state index in [1.54, 1.807) is 0 Å². The predicted molar refractivity (Wildman–Crippen MR) is 113 cm³/mol. The smallest absolute Gasteiger partial charge is 0.254 e. The van der Waals surface area contributed by atoms with Gasteiger partial charge in [-0.15, -0.1) is 0 Å². The third-order valence-corrected chi connectivity index (χ3v) is 5.05. The molecule has 1 fully saturated rings. The fourth-order valence-corrected chi connectivity index (χ4v) is 3.18. The molecule has 0 unspecified atom stereocenters. The van der Waals surface area contributed by atoms with Crippen LogP contribution >= 0.6 is 0 Å². The highest BCUT2D eigenvalue weighted by Crippen LogP contribution is 2.24. The van der Waals surface area contributed by atoms with Crippen LogP contribution < -0.4 is 15.4 Å². The number of hydrogen-bond donors (Lipinski definition) is 2. The van der Waals surface area contributed by atoms with Crippen molar-refractivity contribution in [3.8, 4) is 5.75 Å². The summed E-state index contributed by atoms with van der Waals surface area (Å²) in [5.41, 5.74) is 0.143. The van der Waals surface area contributed by atoms with Crippen molar-refractivity contribution in [2.75, 3.05) is 46.4 Å². The van der Waals surface area contributed by atoms with Crippen LogP contribution in [0.4, 0.5) is 0 Å². The van der Waals surface area contributed by atoms with Crippen LogP contribution in [0.5, 0.6) is 5.75 Å². The molecule has 0 atom stereocenters. The van der Waals surface area contributed by atoms with Crippen molar-refractivity contribution in [2.24, 2.45) is 0 Å². The van der Waals surface area contributed by atoms with Crippen molar-refractivity contribution in [3.63, 3.8) is 0 Å². The summed E-state index contributed by atoms with van der Waals surface area (Å²) in [5.74, 6) is 0.791. The Hall–Kier alpha value is -1.63. The van der Waals surface area contributed by atoms with Crippen molar-refractivity contribution in [3.05, 3.63) is 29.8 Å². The van der Waals surface area contributed by atoms with E-state index in [1.807, 2.05) is 36.2 Å². The van der Waals surface area contributed by atoms with Gasteiger partial charge in [0.2, 0.25) is 0 Å². The van der Waals surface area contributed by atoms with Gasteiger partial charge in [0, 0.05) is 38.2 Å². The highest BCUT2D eigenvalue weighted by molar-refractivity contribution is 5.94. The number of rotatable bonds is 10. The summed E-state index contributed by atoms with van der Waals surface area (Å²) in [6.45, 7) is 13.1. The summed E-state index contributed by atoms with van der Waals surface area (Å²) in [4.78, 5) is 14.6. The van der Waals surface area contributed by atoms with E-state index in [4.69, 9.17) is 9.47 Å². The zero-order valence-electron chi connectivity index (χ0n) is 18.1. The maximum atomic E-state index is 12.7. The first-order valence-corrected chi connectivity index (χ1v) is 10.3. The number of benzene rings is 1. The standard InChI is InChI=1S/C22H37N3O3/c1-21(2,9-11-23-5)27-16-10-22(3,4)28-19-8-6-7-18(17-19)20(26)25-14-12-24-13-15-25/h6-8,17,23-24H,9-16H2,1-5H3. The van der Waals surface area contributed by atoms with Crippen molar-refractivity contribution < 1.29 is 14.3 Å². The van der Waals surface area contributed by atoms with Gasteiger partial charge in [-0.2, -0.15) is 0 Å². The summed E-state index contributed by atoms with van der Waals surface area (Å²) >= 11 is 0. The van der Waals surface area contributed by atoms with Crippen LogP contribution in [0.25, 0.3) is 0 Å². The van der Waals surface area contributed by atoms with Gasteiger partial charge in [-0.25, -0.2) is 0 Å². The summed E-state index contributed by atoms with van der Waals surface area (Å²) in [7, 11) is 1.95. The van der Waals surface area contributed by atoms with Gasteiger partial charge in [-0.1, -0.05) is 6.07 Å². The maximum absolute atomic E-state index is 12.7. The second kappa shape index (κ2) is 10.2. The predicted octanol–water partition coefficient (Wildman–Crippen LogP) is 2.68. The molecular weight excluding hydrogens is 354 g/mol. The molecule has 0 aliphatic carbocycles. The fraction of sp³-hybridized carbons (Fsp3) is 0.682. The molecule has 6 nitrogen and oxygen atoms in total. The Kier molecular flexibility index (Phi) is 8.28. The van der Waals surface area contributed by atoms with Gasteiger partial charge in [-0.3, -0.25) is 4.79 Å². The number of hydrogen-bond acceptors (Lipinski definition) is 5. The number of nitrogens with zero attached hydrogens (tertiary/aromatic N) is 1. The van der Waals surface area contributed by atoms with Gasteiger partial charge in [0.25, 0.3) is 5.91 Å². The van der Waals surface area contributed by atoms with Crippen LogP contribution in [0.2, 0.25) is 0 Å². The second-order valence-electron chi connectivity index (χ2n) is 8.64. The molecule has 1 aromatic carbocycles. The van der Waals surface area contributed by atoms with Crippen molar-refractivity contribution >= 4 is 5.91 Å². The van der Waals surface area contributed by atoms with E-state index in [0.29, 0.717) is 12.2 Å². The lowest BCUT2D eigenvalue weighted by Gasteiger charge is -2.30. The van der Waals surface area contributed by atoms with E-state index in [-0.39, 0.29) is 17.1 Å². The molecule has 0 aromatic heterocycles. The number of ether oxygens (including phenoxy) is 2. The summed E-state index contributed by atoms with van der Waals surface area (Å²) in [5, 5.41) is 6.43. The van der Waals surface area contributed by atoms with Crippen LogP contribution in [-0.4, -0.2) is 68.4 Å². The van der Waals surface area contributed by atoms with E-state index in [9.17, 15) is 4.79 Å². The highest BCUT2D eigenvalue weighted by Gasteiger charge is 2.24. The van der Waals surface area contributed by atoms with Crippen LogP contribution in [0.15, 0.2) is 24.3 Å². The Morgan fingerprint density at radius 3 is 2.54 bits per heavy atom. The Balaban J connectivity index is 1.89. The fourth-order valence-electron chi connectivity index (χ4n) is 3.18. The maximum Gasteiger partial charge on any atom is 0.254 e. The molecule has 2 N–H and O–H groups in total. The van der Waals surface area contributed by atoms with Crippen LogP contribution in [0.1, 0.15) is 50.9 Å². The Labute approximate surface area is 170 Å². The van der Waals surface area contributed by atoms with Gasteiger partial charge < -0.3 is 25.0 Å². The van der Waals surface area contributed by atoms with Crippen LogP contribution in [-0.2, 0) is 4.74 Å². The third kappa shape index (κ3) is 7.41. The quantitative estimate of drug-likeness (QED) is 0.642. The van der Waals surface area contributed by atoms with E-state index < -0.39 is 0 Å². The SMILES string of the molecule is CNCCC(C)(C)OCCC(C)(C)Oc1cccc(C(=O)N2CCNCC2)c1. The molecule has 158 valence electrons. The van der Waals surface area contributed by atoms with E-state index in [0.717, 1.165) is 51.3 Å². The third-order valence-electron chi connectivity index (χ3n) is 5.05. The van der Waals surface area contributed by atoms with E-state index in [2.05, 4.69) is 38.3 Å². The van der Waals surface area contributed by atoms with Crippen molar-refractivity contribution in [2.45, 2.75) is 51.7 Å². The van der Waals surface area contributed by atoms with Gasteiger partial charge in [0.1, 0.15) is 11.4 Å². The molecule has 0 bridgehead atoms. The second-order valence-corrected chi connectivity index (χ2v) is 8.64. The lowest BCUT2D eigenvalue weighted by molar-refractivity contribution is -0.0443. The molecule has 1 aromatic rings. The molecular formula is C22H37N3O3. The number of carbonyl (C=O) groups is 1. The Morgan fingerprint density at radius 1 is 1.14 bits per heavy atom. The molecule has 0 spiro atoms. The molecule has 0 saturated carbocycles. The first kappa shape index (κ1) is 22.7. The van der Waals surface area contributed by atoms with Gasteiger partial charge >= 0.3 is 0 Å². The van der Waals surface area contributed by atoms with Gasteiger partial charge in [0.15, 0.2) is 0 Å². The molecule has 1 saturated heterocycles. The number of nitrogens with one attached hydrogen (secondary N) is 2. The first-order valence-electron chi connectivity index (χ1n) is 10.3. The monoisotopic (exact) mass is 391 g/mol. The van der Waals surface area contributed by atoms with Crippen LogP contribution in [0, 0.1) is 0 Å². The Bertz CT molecular complexity index is 625. The molecule has 2 rings (SSSR count). The van der Waals surface area contributed by atoms with Gasteiger partial charge in [0.05, 0.1) is 12.2 Å². The molecule has 28 heavy (non-hydrogen) atoms. The molecule has 1 amide bonds. The average molecular weight is 392 g/mol. The molecule has 0 radical (unpaired) electrons. The number of piperazine rings is 1. The molecule has 6 heteroatoms. The van der Waals surface area contributed by atoms with Crippen molar-refractivity contribution in [1.82, 2.24) is 15.5 Å². The lowest BCUT2D eigenvalue weighted by Crippen LogP contribution is -2.46. The normalized spacial score (nSPS) is 15.5. The summed E-state index contributed by atoms with van der Waals surface area (Å²) < 4.78 is 12.3. The number of amides is 1. The molecule has 1 aliphatic rings. The minimum Gasteiger partial charge on any atom is -0.488 e. The summed E-state index contributed by atoms with van der Waals surface area (Å²) in [6.07, 6.45) is 1.73. The molecule has 1 heterocycles. The highest BCUT2D eigenvalue weighted by atomic mass is 16.5. The topological polar surface area (TPSA) is 62.8 Å². The Morgan fingerprint density at radius 2 is 1.86 bits per heavy atom. The van der Waals surface area contributed by atoms with Gasteiger partial charge in [-0.05, 0) is 65.9 Å². The first-order chi connectivity index (χ1) is 13.2. The number of carbonyl (C=O) groups excluding carboxylic acids is 1. The summed E-state index contributed by atoms with van der Waals surface area (Å²) in [6, 6.07) is 7.51. The van der Waals surface area contributed by atoms with Crippen molar-refractivity contribution in [1.29, 1.82) is 0 Å². The zero-order valence-corrected chi connectivity index (χ0v) is 18.1. The lowest BCUT2D eigenvalue weighted by atomic mass is 10.0. The minimum atomic E-state index is -0.379. The zero-order chi connectivity index (χ0) is 20.6.